The maximum atomic E-state index is 12.2. The zero-order chi connectivity index (χ0) is 12.9. The maximum absolute atomic E-state index is 12.2. The van der Waals surface area contributed by atoms with E-state index in [1.807, 2.05) is 6.92 Å². The highest BCUT2D eigenvalue weighted by atomic mass is 32.2. The van der Waals surface area contributed by atoms with Gasteiger partial charge in [-0.3, -0.25) is 4.31 Å². The van der Waals surface area contributed by atoms with Gasteiger partial charge in [-0.1, -0.05) is 31.7 Å². The topological polar surface area (TPSA) is 49.7 Å². The second-order valence-corrected chi connectivity index (χ2v) is 5.34. The molecule has 0 unspecified atom stereocenters. The van der Waals surface area contributed by atoms with Crippen LogP contribution in [-0.4, -0.2) is 25.6 Å². The molecule has 0 radical (unpaired) electrons. The van der Waals surface area contributed by atoms with Gasteiger partial charge in [0.05, 0.1) is 4.90 Å². The molecule has 0 aliphatic carbocycles. The Balaban J connectivity index is 3.15. The van der Waals surface area contributed by atoms with Crippen molar-refractivity contribution in [3.05, 3.63) is 43.1 Å². The average molecular weight is 252 g/mol. The van der Waals surface area contributed by atoms with Crippen molar-refractivity contribution in [2.24, 2.45) is 4.99 Å². The van der Waals surface area contributed by atoms with Crippen molar-refractivity contribution in [1.29, 1.82) is 0 Å². The van der Waals surface area contributed by atoms with E-state index in [0.717, 1.165) is 0 Å². The van der Waals surface area contributed by atoms with Crippen molar-refractivity contribution in [3.63, 3.8) is 0 Å². The Morgan fingerprint density at radius 2 is 2.00 bits per heavy atom. The summed E-state index contributed by atoms with van der Waals surface area (Å²) in [5.74, 6) is 0.462. The third-order valence-electron chi connectivity index (χ3n) is 2.32. The second-order valence-electron chi connectivity index (χ2n) is 3.37. The van der Waals surface area contributed by atoms with Gasteiger partial charge in [0.1, 0.15) is 5.84 Å². The first-order valence-corrected chi connectivity index (χ1v) is 6.69. The molecule has 5 heteroatoms. The molecule has 0 aliphatic heterocycles. The van der Waals surface area contributed by atoms with Crippen molar-refractivity contribution in [1.82, 2.24) is 4.31 Å². The van der Waals surface area contributed by atoms with Crippen LogP contribution in [0.15, 0.2) is 53.0 Å². The Morgan fingerprint density at radius 3 is 2.47 bits per heavy atom. The van der Waals surface area contributed by atoms with Crippen molar-refractivity contribution in [3.8, 4) is 0 Å². The number of amidine groups is 1. The van der Waals surface area contributed by atoms with Gasteiger partial charge in [-0.2, -0.15) is 0 Å². The first kappa shape index (κ1) is 13.4. The molecule has 0 atom stereocenters. The minimum atomic E-state index is -3.52. The summed E-state index contributed by atoms with van der Waals surface area (Å²) in [5, 5.41) is 0. The molecule has 0 saturated carbocycles. The highest BCUT2D eigenvalue weighted by molar-refractivity contribution is 7.89. The van der Waals surface area contributed by atoms with Crippen molar-refractivity contribution in [2.75, 3.05) is 7.05 Å². The summed E-state index contributed by atoms with van der Waals surface area (Å²) in [6.07, 6.45) is 1.87. The van der Waals surface area contributed by atoms with E-state index in [1.165, 1.54) is 17.6 Å². The molecular formula is C12H16N2O2S. The summed E-state index contributed by atoms with van der Waals surface area (Å²) in [4.78, 5) is 4.22. The lowest BCUT2D eigenvalue weighted by Gasteiger charge is -2.20. The largest absolute Gasteiger partial charge is 0.264 e. The predicted octanol–water partition coefficient (Wildman–Crippen LogP) is 2.26. The van der Waals surface area contributed by atoms with Crippen LogP contribution >= 0.6 is 0 Å². The fourth-order valence-corrected chi connectivity index (χ4v) is 2.66. The molecule has 0 aliphatic rings. The predicted molar refractivity (Wildman–Crippen MR) is 69.3 cm³/mol. The molecule has 0 saturated heterocycles. The maximum Gasteiger partial charge on any atom is 0.264 e. The van der Waals surface area contributed by atoms with Crippen molar-refractivity contribution >= 4 is 15.9 Å². The molecule has 92 valence electrons. The van der Waals surface area contributed by atoms with Crippen LogP contribution in [0.2, 0.25) is 0 Å². The molecule has 0 spiro atoms. The van der Waals surface area contributed by atoms with Crippen LogP contribution in [0.5, 0.6) is 0 Å². The summed E-state index contributed by atoms with van der Waals surface area (Å²) in [6.45, 7) is 5.32. The molecule has 0 heterocycles. The third-order valence-corrected chi connectivity index (χ3v) is 4.12. The molecule has 0 bridgehead atoms. The molecular weight excluding hydrogens is 236 g/mol. The standard InChI is InChI=1S/C12H16N2O2S/c1-4-12(13-5-2)14(3)17(15,16)11-9-7-6-8-10-11/h5-10H,2,4H2,1,3H3. The van der Waals surface area contributed by atoms with Crippen molar-refractivity contribution in [2.45, 2.75) is 18.2 Å². The highest BCUT2D eigenvalue weighted by Gasteiger charge is 2.22. The number of nitrogens with zero attached hydrogens (tertiary/aromatic N) is 2. The summed E-state index contributed by atoms with van der Waals surface area (Å²) in [6, 6.07) is 8.28. The minimum Gasteiger partial charge on any atom is -0.257 e. The third kappa shape index (κ3) is 2.94. The second kappa shape index (κ2) is 5.63. The molecule has 0 fully saturated rings. The average Bonchev–Trinajstić information content (AvgIpc) is 2.36. The van der Waals surface area contributed by atoms with Gasteiger partial charge in [0.25, 0.3) is 10.0 Å². The van der Waals surface area contributed by atoms with E-state index in [9.17, 15) is 8.42 Å². The minimum absolute atomic E-state index is 0.257. The van der Waals surface area contributed by atoms with E-state index < -0.39 is 10.0 Å². The number of hydrogen-bond donors (Lipinski definition) is 0. The van der Waals surface area contributed by atoms with Crippen LogP contribution in [0.3, 0.4) is 0 Å². The van der Waals surface area contributed by atoms with Gasteiger partial charge < -0.3 is 0 Å². The lowest BCUT2D eigenvalue weighted by molar-refractivity contribution is 0.550. The first-order valence-electron chi connectivity index (χ1n) is 5.25. The fraction of sp³-hybridized carbons (Fsp3) is 0.250. The van der Waals surface area contributed by atoms with E-state index in [-0.39, 0.29) is 4.90 Å². The summed E-state index contributed by atoms with van der Waals surface area (Å²) in [7, 11) is -2.02. The molecule has 0 aromatic heterocycles. The Labute approximate surface area is 102 Å². The lowest BCUT2D eigenvalue weighted by Crippen LogP contribution is -2.32. The Bertz CT molecular complexity index is 507. The van der Waals surface area contributed by atoms with E-state index in [1.54, 1.807) is 30.3 Å². The molecule has 1 aromatic rings. The molecule has 4 nitrogen and oxygen atoms in total. The first-order chi connectivity index (χ1) is 8.04. The summed E-state index contributed by atoms with van der Waals surface area (Å²) < 4.78 is 25.6. The van der Waals surface area contributed by atoms with Crippen LogP contribution in [0.25, 0.3) is 0 Å². The Kier molecular flexibility index (Phi) is 4.45. The van der Waals surface area contributed by atoms with Gasteiger partial charge in [-0.15, -0.1) is 0 Å². The molecule has 0 amide bonds. The van der Waals surface area contributed by atoms with Crippen LogP contribution in [0.1, 0.15) is 13.3 Å². The Hall–Kier alpha value is -1.62. The van der Waals surface area contributed by atoms with Gasteiger partial charge >= 0.3 is 0 Å². The van der Waals surface area contributed by atoms with Crippen LogP contribution in [0.4, 0.5) is 0 Å². The number of rotatable bonds is 4. The Morgan fingerprint density at radius 1 is 1.41 bits per heavy atom. The number of sulfonamides is 1. The summed E-state index contributed by atoms with van der Waals surface area (Å²) in [5.41, 5.74) is 0. The van der Waals surface area contributed by atoms with Crippen LogP contribution in [-0.2, 0) is 10.0 Å². The smallest absolute Gasteiger partial charge is 0.257 e. The van der Waals surface area contributed by atoms with E-state index >= 15 is 0 Å². The quantitative estimate of drug-likeness (QED) is 0.609. The molecule has 17 heavy (non-hydrogen) atoms. The lowest BCUT2D eigenvalue weighted by atomic mass is 10.4. The van der Waals surface area contributed by atoms with E-state index in [4.69, 9.17) is 0 Å². The van der Waals surface area contributed by atoms with Crippen LogP contribution < -0.4 is 0 Å². The van der Waals surface area contributed by atoms with Crippen LogP contribution in [0, 0.1) is 0 Å². The molecule has 0 N–H and O–H groups in total. The summed E-state index contributed by atoms with van der Waals surface area (Å²) >= 11 is 0. The molecule has 1 rings (SSSR count). The monoisotopic (exact) mass is 252 g/mol. The van der Waals surface area contributed by atoms with E-state index in [2.05, 4.69) is 11.6 Å². The number of benzene rings is 1. The fourth-order valence-electron chi connectivity index (χ4n) is 1.39. The van der Waals surface area contributed by atoms with Gasteiger partial charge in [-0.05, 0) is 12.1 Å². The van der Waals surface area contributed by atoms with E-state index in [0.29, 0.717) is 12.3 Å². The number of hydrogen-bond acceptors (Lipinski definition) is 3. The van der Waals surface area contributed by atoms with Gasteiger partial charge in [0, 0.05) is 19.7 Å². The zero-order valence-corrected chi connectivity index (χ0v) is 10.8. The van der Waals surface area contributed by atoms with Gasteiger partial charge in [0.2, 0.25) is 0 Å². The normalized spacial score (nSPS) is 12.2. The van der Waals surface area contributed by atoms with Gasteiger partial charge in [-0.25, -0.2) is 13.4 Å². The van der Waals surface area contributed by atoms with Gasteiger partial charge in [0.15, 0.2) is 0 Å². The highest BCUT2D eigenvalue weighted by Crippen LogP contribution is 2.14. The molecule has 1 aromatic carbocycles. The van der Waals surface area contributed by atoms with Crippen molar-refractivity contribution < 1.29 is 8.42 Å². The SMILES string of the molecule is C=CN=C(CC)N(C)S(=O)(=O)c1ccccc1. The zero-order valence-electron chi connectivity index (χ0n) is 10.00. The number of aliphatic imine (C=N–C) groups is 1.